The molecule has 23 heavy (non-hydrogen) atoms. The third-order valence-electron chi connectivity index (χ3n) is 4.05. The van der Waals surface area contributed by atoms with Crippen LogP contribution in [0.15, 0.2) is 54.6 Å². The van der Waals surface area contributed by atoms with Crippen LogP contribution in [0.3, 0.4) is 0 Å². The van der Waals surface area contributed by atoms with Gasteiger partial charge in [-0.15, -0.1) is 0 Å². The number of amides is 2. The summed E-state index contributed by atoms with van der Waals surface area (Å²) in [5.74, 6) is 0. The van der Waals surface area contributed by atoms with Crippen molar-refractivity contribution in [2.24, 2.45) is 5.73 Å². The van der Waals surface area contributed by atoms with Crippen molar-refractivity contribution in [1.82, 2.24) is 0 Å². The highest BCUT2D eigenvalue weighted by molar-refractivity contribution is 6.07. The number of carbonyl (C=O) groups excluding carboxylic acids is 1. The van der Waals surface area contributed by atoms with Crippen molar-refractivity contribution in [2.75, 3.05) is 10.6 Å². The fraction of sp³-hybridized carbons (Fsp3) is 0.105. The van der Waals surface area contributed by atoms with Crippen LogP contribution in [0.4, 0.5) is 21.9 Å². The topological polar surface area (TPSA) is 72.3 Å². The minimum absolute atomic E-state index is 0.520. The van der Waals surface area contributed by atoms with E-state index in [0.29, 0.717) is 5.69 Å². The molecule has 2 amide bonds. The van der Waals surface area contributed by atoms with Gasteiger partial charge in [0.25, 0.3) is 0 Å². The van der Waals surface area contributed by atoms with E-state index in [0.717, 1.165) is 33.3 Å². The van der Waals surface area contributed by atoms with E-state index in [2.05, 4.69) is 0 Å². The number of primary amides is 1. The van der Waals surface area contributed by atoms with Crippen molar-refractivity contribution in [3.8, 4) is 0 Å². The van der Waals surface area contributed by atoms with Crippen LogP contribution >= 0.6 is 0 Å². The lowest BCUT2D eigenvalue weighted by Crippen LogP contribution is -2.32. The Hall–Kier alpha value is -3.01. The maximum Gasteiger partial charge on any atom is 0.323 e. The van der Waals surface area contributed by atoms with E-state index in [9.17, 15) is 4.79 Å². The van der Waals surface area contributed by atoms with Gasteiger partial charge in [0.05, 0.1) is 11.4 Å². The van der Waals surface area contributed by atoms with Crippen molar-refractivity contribution < 1.29 is 4.79 Å². The van der Waals surface area contributed by atoms with Gasteiger partial charge in [0.15, 0.2) is 0 Å². The second kappa shape index (κ2) is 5.65. The van der Waals surface area contributed by atoms with Gasteiger partial charge >= 0.3 is 6.03 Å². The molecule has 3 aromatic rings. The molecule has 0 unspecified atom stereocenters. The van der Waals surface area contributed by atoms with Gasteiger partial charge in [-0.1, -0.05) is 36.4 Å². The van der Waals surface area contributed by atoms with Gasteiger partial charge in [-0.3, -0.25) is 4.90 Å². The lowest BCUT2D eigenvalue weighted by atomic mass is 10.0. The molecule has 0 saturated heterocycles. The molecule has 0 aromatic heterocycles. The Morgan fingerprint density at radius 3 is 2.35 bits per heavy atom. The number of nitrogens with two attached hydrogens (primary N) is 2. The lowest BCUT2D eigenvalue weighted by Gasteiger charge is -2.25. The number of fused-ring (bicyclic) bond motifs is 1. The van der Waals surface area contributed by atoms with Crippen LogP contribution in [0, 0.1) is 13.8 Å². The van der Waals surface area contributed by atoms with Crippen molar-refractivity contribution in [2.45, 2.75) is 13.8 Å². The summed E-state index contributed by atoms with van der Waals surface area (Å²) in [4.78, 5) is 13.8. The summed E-state index contributed by atoms with van der Waals surface area (Å²) in [6.07, 6.45) is 0. The molecule has 4 N–H and O–H groups in total. The van der Waals surface area contributed by atoms with E-state index in [4.69, 9.17) is 11.5 Å². The number of carbonyl (C=O) groups is 1. The number of aryl methyl sites for hydroxylation is 2. The molecule has 0 heterocycles. The Balaban J connectivity index is 2.28. The zero-order chi connectivity index (χ0) is 16.6. The van der Waals surface area contributed by atoms with Crippen LogP contribution in [0.1, 0.15) is 11.1 Å². The second-order valence-electron chi connectivity index (χ2n) is 5.67. The van der Waals surface area contributed by atoms with E-state index in [1.807, 2.05) is 68.4 Å². The van der Waals surface area contributed by atoms with E-state index in [1.54, 1.807) is 4.90 Å². The average Bonchev–Trinajstić information content (AvgIpc) is 2.52. The van der Waals surface area contributed by atoms with Gasteiger partial charge in [-0.25, -0.2) is 4.79 Å². The van der Waals surface area contributed by atoms with Crippen LogP contribution < -0.4 is 16.4 Å². The smallest absolute Gasteiger partial charge is 0.323 e. The average molecular weight is 305 g/mol. The third-order valence-corrected chi connectivity index (χ3v) is 4.05. The van der Waals surface area contributed by atoms with Gasteiger partial charge in [0, 0.05) is 11.1 Å². The Morgan fingerprint density at radius 1 is 0.913 bits per heavy atom. The fourth-order valence-electron chi connectivity index (χ4n) is 2.83. The summed E-state index contributed by atoms with van der Waals surface area (Å²) in [5, 5.41) is 2.03. The zero-order valence-corrected chi connectivity index (χ0v) is 13.2. The van der Waals surface area contributed by atoms with Gasteiger partial charge in [0.1, 0.15) is 0 Å². The van der Waals surface area contributed by atoms with E-state index in [-0.39, 0.29) is 0 Å². The van der Waals surface area contributed by atoms with Gasteiger partial charge in [-0.05, 0) is 48.6 Å². The first kappa shape index (κ1) is 14.9. The van der Waals surface area contributed by atoms with Crippen molar-refractivity contribution >= 4 is 33.9 Å². The molecule has 0 aliphatic rings. The van der Waals surface area contributed by atoms with Gasteiger partial charge < -0.3 is 11.5 Å². The predicted octanol–water partition coefficient (Wildman–Crippen LogP) is 4.26. The Kier molecular flexibility index (Phi) is 3.66. The molecule has 0 atom stereocenters. The minimum Gasteiger partial charge on any atom is -0.399 e. The van der Waals surface area contributed by atoms with E-state index in [1.165, 1.54) is 0 Å². The predicted molar refractivity (Wildman–Crippen MR) is 96.0 cm³/mol. The maximum absolute atomic E-state index is 12.2. The first-order chi connectivity index (χ1) is 11.0. The highest BCUT2D eigenvalue weighted by Crippen LogP contribution is 2.35. The number of benzene rings is 3. The minimum atomic E-state index is -0.520. The van der Waals surface area contributed by atoms with E-state index < -0.39 is 6.03 Å². The molecule has 4 nitrogen and oxygen atoms in total. The largest absolute Gasteiger partial charge is 0.399 e. The Labute approximate surface area is 135 Å². The molecule has 0 radical (unpaired) electrons. The van der Waals surface area contributed by atoms with Crippen LogP contribution in [-0.2, 0) is 0 Å². The number of hydrogen-bond donors (Lipinski definition) is 2. The van der Waals surface area contributed by atoms with Crippen LogP contribution in [-0.4, -0.2) is 6.03 Å². The molecular weight excluding hydrogens is 286 g/mol. The van der Waals surface area contributed by atoms with Gasteiger partial charge in [0.2, 0.25) is 0 Å². The molecule has 0 bridgehead atoms. The van der Waals surface area contributed by atoms with Gasteiger partial charge in [-0.2, -0.15) is 0 Å². The first-order valence-corrected chi connectivity index (χ1v) is 7.43. The number of rotatable bonds is 2. The summed E-state index contributed by atoms with van der Waals surface area (Å²) in [7, 11) is 0. The standard InChI is InChI=1S/C19H19N3O/c1-12-11-18(13(2)10-16(12)20)22(19(21)23)17-9-5-7-14-6-3-4-8-15(14)17/h3-11H,20H2,1-2H3,(H2,21,23). The molecule has 3 rings (SSSR count). The zero-order valence-electron chi connectivity index (χ0n) is 13.2. The number of anilines is 3. The Bertz CT molecular complexity index is 897. The van der Waals surface area contributed by atoms with Crippen molar-refractivity contribution in [3.63, 3.8) is 0 Å². The summed E-state index contributed by atoms with van der Waals surface area (Å²) in [6.45, 7) is 3.84. The monoisotopic (exact) mass is 305 g/mol. The molecular formula is C19H19N3O. The molecule has 0 saturated carbocycles. The molecule has 4 heteroatoms. The lowest BCUT2D eigenvalue weighted by molar-refractivity contribution is 0.256. The molecule has 0 aliphatic heterocycles. The number of urea groups is 1. The molecule has 3 aromatic carbocycles. The summed E-state index contributed by atoms with van der Waals surface area (Å²) in [5.41, 5.74) is 15.7. The summed E-state index contributed by atoms with van der Waals surface area (Å²) < 4.78 is 0. The van der Waals surface area contributed by atoms with Crippen LogP contribution in [0.5, 0.6) is 0 Å². The Morgan fingerprint density at radius 2 is 1.61 bits per heavy atom. The highest BCUT2D eigenvalue weighted by atomic mass is 16.2. The SMILES string of the molecule is Cc1cc(N(C(N)=O)c2cccc3ccccc23)c(C)cc1N. The highest BCUT2D eigenvalue weighted by Gasteiger charge is 2.20. The molecule has 0 fully saturated rings. The van der Waals surface area contributed by atoms with Crippen LogP contribution in [0.2, 0.25) is 0 Å². The number of nitrogen functional groups attached to an aromatic ring is 1. The quantitative estimate of drug-likeness (QED) is 0.694. The normalized spacial score (nSPS) is 10.7. The molecule has 0 aliphatic carbocycles. The van der Waals surface area contributed by atoms with E-state index >= 15 is 0 Å². The fourth-order valence-corrected chi connectivity index (χ4v) is 2.83. The molecule has 116 valence electrons. The number of hydrogen-bond acceptors (Lipinski definition) is 2. The summed E-state index contributed by atoms with van der Waals surface area (Å²) in [6, 6.07) is 17.0. The van der Waals surface area contributed by atoms with Crippen LogP contribution in [0.25, 0.3) is 10.8 Å². The molecule has 0 spiro atoms. The maximum atomic E-state index is 12.2. The third kappa shape index (κ3) is 2.59. The first-order valence-electron chi connectivity index (χ1n) is 7.43. The number of nitrogens with zero attached hydrogens (tertiary/aromatic N) is 1. The summed E-state index contributed by atoms with van der Waals surface area (Å²) >= 11 is 0. The second-order valence-corrected chi connectivity index (χ2v) is 5.67. The van der Waals surface area contributed by atoms with Crippen molar-refractivity contribution in [1.29, 1.82) is 0 Å². The van der Waals surface area contributed by atoms with Crippen molar-refractivity contribution in [3.05, 3.63) is 65.7 Å².